The molecule has 0 saturated carbocycles. The first-order valence-corrected chi connectivity index (χ1v) is 10.7. The molecule has 2 aromatic carbocycles. The van der Waals surface area contributed by atoms with E-state index in [1.807, 2.05) is 43.5 Å². The number of carbonyl (C=O) groups excluding carboxylic acids is 2. The first-order valence-electron chi connectivity index (χ1n) is 9.48. The van der Waals surface area contributed by atoms with Gasteiger partial charge in [0.2, 0.25) is 5.91 Å². The molecule has 6 nitrogen and oxygen atoms in total. The third-order valence-corrected chi connectivity index (χ3v) is 6.04. The van der Waals surface area contributed by atoms with E-state index in [1.54, 1.807) is 12.1 Å². The second-order valence-electron chi connectivity index (χ2n) is 7.16. The average Bonchev–Trinajstić information content (AvgIpc) is 3.32. The lowest BCUT2D eigenvalue weighted by Crippen LogP contribution is -2.16. The summed E-state index contributed by atoms with van der Waals surface area (Å²) < 4.78 is 10.4. The second kappa shape index (κ2) is 8.53. The highest BCUT2D eigenvalue weighted by molar-refractivity contribution is 7.15. The van der Waals surface area contributed by atoms with Crippen molar-refractivity contribution in [3.05, 3.63) is 69.2 Å². The molecule has 2 heterocycles. The number of hydrogen-bond donors (Lipinski definition) is 1. The third kappa shape index (κ3) is 4.19. The maximum Gasteiger partial charge on any atom is 0.341 e. The lowest BCUT2D eigenvalue weighted by Gasteiger charge is -2.07. The molecule has 0 spiro atoms. The van der Waals surface area contributed by atoms with Crippen LogP contribution in [0.2, 0.25) is 5.02 Å². The maximum atomic E-state index is 12.8. The summed E-state index contributed by atoms with van der Waals surface area (Å²) in [5.41, 5.74) is 5.02. The van der Waals surface area contributed by atoms with Crippen LogP contribution in [0, 0.1) is 13.8 Å². The molecule has 31 heavy (non-hydrogen) atoms. The van der Waals surface area contributed by atoms with Gasteiger partial charge in [0, 0.05) is 21.4 Å². The van der Waals surface area contributed by atoms with Gasteiger partial charge in [0.25, 0.3) is 0 Å². The number of carbonyl (C=O) groups is 2. The fraction of sp³-hybridized carbons (Fsp3) is 0.174. The van der Waals surface area contributed by atoms with E-state index in [0.29, 0.717) is 32.4 Å². The number of hydrogen-bond acceptors (Lipinski definition) is 6. The fourth-order valence-electron chi connectivity index (χ4n) is 3.49. The number of nitrogens with zero attached hydrogens (tertiary/aromatic N) is 1. The largest absolute Gasteiger partial charge is 0.465 e. The Hall–Kier alpha value is -3.16. The molecule has 2 aromatic heterocycles. The highest BCUT2D eigenvalue weighted by atomic mass is 35.5. The van der Waals surface area contributed by atoms with Gasteiger partial charge in [-0.3, -0.25) is 4.79 Å². The SMILES string of the molecule is COC(=O)c1c(-c2ccc(Cl)cc2)csc1NC(=O)Cc1noc2c(C)cc(C)cc12. The van der Waals surface area contributed by atoms with E-state index >= 15 is 0 Å². The van der Waals surface area contributed by atoms with Crippen LogP contribution in [-0.2, 0) is 16.0 Å². The van der Waals surface area contributed by atoms with E-state index in [0.717, 1.165) is 22.1 Å². The minimum Gasteiger partial charge on any atom is -0.465 e. The van der Waals surface area contributed by atoms with E-state index in [1.165, 1.54) is 18.4 Å². The Morgan fingerprint density at radius 3 is 2.65 bits per heavy atom. The van der Waals surface area contributed by atoms with Crippen LogP contribution in [0.4, 0.5) is 5.00 Å². The highest BCUT2D eigenvalue weighted by Crippen LogP contribution is 2.36. The average molecular weight is 455 g/mol. The summed E-state index contributed by atoms with van der Waals surface area (Å²) in [4.78, 5) is 25.3. The topological polar surface area (TPSA) is 81.4 Å². The lowest BCUT2D eigenvalue weighted by atomic mass is 10.0. The van der Waals surface area contributed by atoms with Crippen LogP contribution in [0.5, 0.6) is 0 Å². The standard InChI is InChI=1S/C23H19ClN2O4S/c1-12-8-13(2)21-16(9-12)18(26-30-21)10-19(27)25-22-20(23(28)29-3)17(11-31-22)14-4-6-15(24)7-5-14/h4-9,11H,10H2,1-3H3,(H,25,27). The van der Waals surface area contributed by atoms with Gasteiger partial charge in [-0.1, -0.05) is 35.0 Å². The van der Waals surface area contributed by atoms with Gasteiger partial charge in [-0.2, -0.15) is 0 Å². The molecule has 0 aliphatic heterocycles. The molecule has 0 atom stereocenters. The molecule has 0 radical (unpaired) electrons. The Kier molecular flexibility index (Phi) is 5.80. The van der Waals surface area contributed by atoms with E-state index < -0.39 is 5.97 Å². The van der Waals surface area contributed by atoms with E-state index in [9.17, 15) is 9.59 Å². The first-order chi connectivity index (χ1) is 14.9. The summed E-state index contributed by atoms with van der Waals surface area (Å²) in [6.45, 7) is 3.92. The number of amides is 1. The number of anilines is 1. The summed E-state index contributed by atoms with van der Waals surface area (Å²) >= 11 is 7.23. The van der Waals surface area contributed by atoms with Crippen LogP contribution in [0.25, 0.3) is 22.1 Å². The van der Waals surface area contributed by atoms with Crippen molar-refractivity contribution in [3.8, 4) is 11.1 Å². The molecular formula is C23H19ClN2O4S. The number of esters is 1. The molecule has 0 bridgehead atoms. The van der Waals surface area contributed by atoms with E-state index in [-0.39, 0.29) is 12.3 Å². The number of aromatic nitrogens is 1. The molecule has 0 saturated heterocycles. The van der Waals surface area contributed by atoms with Gasteiger partial charge in [-0.15, -0.1) is 11.3 Å². The number of methoxy groups -OCH3 is 1. The third-order valence-electron chi connectivity index (χ3n) is 4.89. The molecule has 4 rings (SSSR count). The van der Waals surface area contributed by atoms with Gasteiger partial charge in [0.1, 0.15) is 16.3 Å². The number of nitrogens with one attached hydrogen (secondary N) is 1. The normalized spacial score (nSPS) is 11.0. The Labute approximate surface area is 187 Å². The summed E-state index contributed by atoms with van der Waals surface area (Å²) in [6.07, 6.45) is 0.0185. The van der Waals surface area contributed by atoms with Crippen molar-refractivity contribution in [1.29, 1.82) is 0 Å². The quantitative estimate of drug-likeness (QED) is 0.386. The Balaban J connectivity index is 1.63. The smallest absolute Gasteiger partial charge is 0.341 e. The molecule has 158 valence electrons. The molecule has 8 heteroatoms. The van der Waals surface area contributed by atoms with Gasteiger partial charge in [-0.25, -0.2) is 4.79 Å². The predicted molar refractivity (Wildman–Crippen MR) is 122 cm³/mol. The van der Waals surface area contributed by atoms with Crippen molar-refractivity contribution in [2.45, 2.75) is 20.3 Å². The van der Waals surface area contributed by atoms with Gasteiger partial charge >= 0.3 is 5.97 Å². The molecule has 0 aliphatic carbocycles. The van der Waals surface area contributed by atoms with E-state index in [4.69, 9.17) is 20.9 Å². The number of aryl methyl sites for hydroxylation is 2. The summed E-state index contributed by atoms with van der Waals surface area (Å²) in [6, 6.07) is 11.1. The number of benzene rings is 2. The monoisotopic (exact) mass is 454 g/mol. The number of halogens is 1. The Bertz CT molecular complexity index is 1290. The number of thiophene rings is 1. The zero-order chi connectivity index (χ0) is 22.1. The van der Waals surface area contributed by atoms with Gasteiger partial charge in [0.15, 0.2) is 5.58 Å². The number of fused-ring (bicyclic) bond motifs is 1. The van der Waals surface area contributed by atoms with Gasteiger partial charge in [-0.05, 0) is 48.7 Å². The molecule has 0 unspecified atom stereocenters. The minimum absolute atomic E-state index is 0.0185. The molecule has 0 fully saturated rings. The van der Waals surface area contributed by atoms with Gasteiger partial charge in [0.05, 0.1) is 13.5 Å². The molecule has 0 aliphatic rings. The molecule has 4 aromatic rings. The molecular weight excluding hydrogens is 436 g/mol. The summed E-state index contributed by atoms with van der Waals surface area (Å²) in [7, 11) is 1.31. The van der Waals surface area contributed by atoms with Crippen molar-refractivity contribution in [2.75, 3.05) is 12.4 Å². The lowest BCUT2D eigenvalue weighted by molar-refractivity contribution is -0.115. The number of rotatable bonds is 5. The predicted octanol–water partition coefficient (Wildman–Crippen LogP) is 5.79. The van der Waals surface area contributed by atoms with Crippen LogP contribution in [0.1, 0.15) is 27.2 Å². The van der Waals surface area contributed by atoms with Gasteiger partial charge < -0.3 is 14.6 Å². The Morgan fingerprint density at radius 1 is 1.19 bits per heavy atom. The zero-order valence-corrected chi connectivity index (χ0v) is 18.7. The van der Waals surface area contributed by atoms with Crippen LogP contribution < -0.4 is 5.32 Å². The van der Waals surface area contributed by atoms with Crippen molar-refractivity contribution in [1.82, 2.24) is 5.16 Å². The van der Waals surface area contributed by atoms with Crippen molar-refractivity contribution < 1.29 is 18.8 Å². The first kappa shape index (κ1) is 21.1. The summed E-state index contributed by atoms with van der Waals surface area (Å²) in [5, 5.41) is 10.5. The Morgan fingerprint density at radius 2 is 1.94 bits per heavy atom. The second-order valence-corrected chi connectivity index (χ2v) is 8.48. The number of ether oxygens (including phenoxy) is 1. The fourth-order valence-corrected chi connectivity index (χ4v) is 4.59. The maximum absolute atomic E-state index is 12.8. The van der Waals surface area contributed by atoms with E-state index in [2.05, 4.69) is 10.5 Å². The molecule has 1 N–H and O–H groups in total. The van der Waals surface area contributed by atoms with Crippen LogP contribution in [0.3, 0.4) is 0 Å². The summed E-state index contributed by atoms with van der Waals surface area (Å²) in [5.74, 6) is -0.830. The highest BCUT2D eigenvalue weighted by Gasteiger charge is 2.23. The molecule has 1 amide bonds. The van der Waals surface area contributed by atoms with Crippen molar-refractivity contribution in [2.24, 2.45) is 0 Å². The van der Waals surface area contributed by atoms with Crippen LogP contribution in [0.15, 0.2) is 46.3 Å². The minimum atomic E-state index is -0.528. The van der Waals surface area contributed by atoms with Crippen molar-refractivity contribution >= 4 is 50.8 Å². The van der Waals surface area contributed by atoms with Crippen molar-refractivity contribution in [3.63, 3.8) is 0 Å². The van der Waals surface area contributed by atoms with Crippen LogP contribution in [-0.4, -0.2) is 24.1 Å². The zero-order valence-electron chi connectivity index (χ0n) is 17.1. The van der Waals surface area contributed by atoms with Crippen LogP contribution >= 0.6 is 22.9 Å².